The van der Waals surface area contributed by atoms with Crippen molar-refractivity contribution >= 4 is 28.1 Å². The van der Waals surface area contributed by atoms with Gasteiger partial charge >= 0.3 is 5.97 Å². The highest BCUT2D eigenvalue weighted by molar-refractivity contribution is 7.15. The van der Waals surface area contributed by atoms with Crippen LogP contribution in [-0.2, 0) is 0 Å². The Balaban J connectivity index is 2.33. The van der Waals surface area contributed by atoms with Gasteiger partial charge in [-0.05, 0) is 19.1 Å². The Morgan fingerprint density at radius 2 is 2.18 bits per heavy atom. The van der Waals surface area contributed by atoms with Crippen LogP contribution in [0.5, 0.6) is 5.75 Å². The van der Waals surface area contributed by atoms with Crippen molar-refractivity contribution in [1.29, 1.82) is 0 Å². The fraction of sp³-hybridized carbons (Fsp3) is 0.100. The second-order valence-electron chi connectivity index (χ2n) is 3.26. The van der Waals surface area contributed by atoms with Crippen molar-refractivity contribution in [3.8, 4) is 5.75 Å². The van der Waals surface area contributed by atoms with E-state index in [4.69, 9.17) is 5.11 Å². The van der Waals surface area contributed by atoms with E-state index in [1.54, 1.807) is 19.1 Å². The van der Waals surface area contributed by atoms with Gasteiger partial charge in [-0.25, -0.2) is 4.79 Å². The molecule has 2 rings (SSSR count). The lowest BCUT2D eigenvalue weighted by atomic mass is 10.2. The summed E-state index contributed by atoms with van der Waals surface area (Å²) >= 11 is 1.31. The normalized spacial score (nSPS) is 10.2. The number of nitrogens with one attached hydrogen (secondary N) is 1. The van der Waals surface area contributed by atoms with Crippen molar-refractivity contribution < 1.29 is 15.0 Å². The first-order chi connectivity index (χ1) is 8.08. The third-order valence-electron chi connectivity index (χ3n) is 2.03. The van der Waals surface area contributed by atoms with E-state index in [-0.39, 0.29) is 11.3 Å². The zero-order valence-corrected chi connectivity index (χ0v) is 9.65. The van der Waals surface area contributed by atoms with Crippen molar-refractivity contribution in [2.75, 3.05) is 5.32 Å². The maximum absolute atomic E-state index is 10.8. The number of anilines is 2. The van der Waals surface area contributed by atoms with Crippen molar-refractivity contribution in [3.05, 3.63) is 28.8 Å². The quantitative estimate of drug-likeness (QED) is 0.722. The summed E-state index contributed by atoms with van der Waals surface area (Å²) in [5, 5.41) is 30.3. The highest BCUT2D eigenvalue weighted by Gasteiger charge is 2.13. The maximum atomic E-state index is 10.8. The fourth-order valence-corrected chi connectivity index (χ4v) is 1.88. The second-order valence-corrected chi connectivity index (χ2v) is 4.44. The number of hydrogen-bond donors (Lipinski definition) is 3. The van der Waals surface area contributed by atoms with E-state index in [1.165, 1.54) is 17.4 Å². The molecule has 6 nitrogen and oxygen atoms in total. The first-order valence-electron chi connectivity index (χ1n) is 4.70. The zero-order chi connectivity index (χ0) is 12.4. The molecule has 0 fully saturated rings. The van der Waals surface area contributed by atoms with Crippen LogP contribution in [0.2, 0.25) is 0 Å². The molecule has 0 saturated carbocycles. The lowest BCUT2D eigenvalue weighted by Crippen LogP contribution is -1.99. The molecule has 3 N–H and O–H groups in total. The lowest BCUT2D eigenvalue weighted by molar-refractivity contribution is 0.0694. The number of hydrogen-bond acceptors (Lipinski definition) is 6. The van der Waals surface area contributed by atoms with E-state index in [0.717, 1.165) is 5.01 Å². The zero-order valence-electron chi connectivity index (χ0n) is 8.84. The molecule has 0 amide bonds. The summed E-state index contributed by atoms with van der Waals surface area (Å²) in [6.07, 6.45) is 0. The monoisotopic (exact) mass is 251 g/mol. The molecular formula is C10H9N3O3S. The van der Waals surface area contributed by atoms with E-state index in [0.29, 0.717) is 10.8 Å². The van der Waals surface area contributed by atoms with Gasteiger partial charge in [-0.1, -0.05) is 17.4 Å². The number of para-hydroxylation sites is 1. The van der Waals surface area contributed by atoms with Gasteiger partial charge < -0.3 is 15.5 Å². The molecule has 7 heteroatoms. The molecule has 0 spiro atoms. The molecule has 1 aromatic heterocycles. The summed E-state index contributed by atoms with van der Waals surface area (Å²) in [7, 11) is 0. The molecule has 2 aromatic rings. The van der Waals surface area contributed by atoms with E-state index < -0.39 is 5.97 Å². The highest BCUT2D eigenvalue weighted by atomic mass is 32.1. The molecule has 0 bridgehead atoms. The molecule has 0 unspecified atom stereocenters. The van der Waals surface area contributed by atoms with Crippen LogP contribution in [0.4, 0.5) is 10.8 Å². The highest BCUT2D eigenvalue weighted by Crippen LogP contribution is 2.30. The summed E-state index contributed by atoms with van der Waals surface area (Å²) in [5.74, 6) is -1.49. The first kappa shape index (κ1) is 11.3. The number of carbonyl (C=O) groups is 1. The van der Waals surface area contributed by atoms with E-state index in [1.807, 2.05) is 0 Å². The van der Waals surface area contributed by atoms with E-state index >= 15 is 0 Å². The van der Waals surface area contributed by atoms with E-state index in [2.05, 4.69) is 15.5 Å². The topological polar surface area (TPSA) is 95.3 Å². The van der Waals surface area contributed by atoms with Crippen LogP contribution in [-0.4, -0.2) is 26.4 Å². The van der Waals surface area contributed by atoms with Gasteiger partial charge in [-0.3, -0.25) is 0 Å². The number of aromatic hydroxyl groups is 1. The summed E-state index contributed by atoms with van der Waals surface area (Å²) in [6.45, 7) is 1.80. The Morgan fingerprint density at radius 3 is 2.76 bits per heavy atom. The van der Waals surface area contributed by atoms with Crippen LogP contribution in [0, 0.1) is 6.92 Å². The summed E-state index contributed by atoms with van der Waals surface area (Å²) in [4.78, 5) is 10.8. The lowest BCUT2D eigenvalue weighted by Gasteiger charge is -2.06. The number of aryl methyl sites for hydroxylation is 1. The minimum Gasteiger partial charge on any atom is -0.505 e. The molecule has 0 radical (unpaired) electrons. The van der Waals surface area contributed by atoms with Gasteiger partial charge in [0.2, 0.25) is 5.13 Å². The average Bonchev–Trinajstić information content (AvgIpc) is 2.67. The number of benzene rings is 1. The predicted octanol–water partition coefficient (Wildman–Crippen LogP) is 1.99. The van der Waals surface area contributed by atoms with Crippen molar-refractivity contribution in [1.82, 2.24) is 10.2 Å². The van der Waals surface area contributed by atoms with Crippen LogP contribution in [0.25, 0.3) is 0 Å². The molecule has 0 aliphatic carbocycles. The Kier molecular flexibility index (Phi) is 2.92. The molecule has 0 atom stereocenters. The Morgan fingerprint density at radius 1 is 1.41 bits per heavy atom. The number of aromatic carboxylic acids is 1. The molecule has 1 heterocycles. The largest absolute Gasteiger partial charge is 0.505 e. The number of rotatable bonds is 3. The summed E-state index contributed by atoms with van der Waals surface area (Å²) in [6, 6.07) is 4.44. The van der Waals surface area contributed by atoms with Gasteiger partial charge in [0.15, 0.2) is 5.75 Å². The van der Waals surface area contributed by atoms with Gasteiger partial charge in [0.1, 0.15) is 10.6 Å². The predicted molar refractivity (Wildman–Crippen MR) is 63.0 cm³/mol. The smallest absolute Gasteiger partial charge is 0.339 e. The van der Waals surface area contributed by atoms with Crippen LogP contribution < -0.4 is 5.32 Å². The third-order valence-corrected chi connectivity index (χ3v) is 2.79. The minimum atomic E-state index is -1.18. The molecule has 1 aromatic carbocycles. The first-order valence-corrected chi connectivity index (χ1v) is 5.52. The SMILES string of the molecule is Cc1nnc(Nc2cccc(C(=O)O)c2O)s1. The summed E-state index contributed by atoms with van der Waals surface area (Å²) < 4.78 is 0. The average molecular weight is 251 g/mol. The molecular weight excluding hydrogens is 242 g/mol. The fourth-order valence-electron chi connectivity index (χ4n) is 1.28. The molecule has 0 saturated heterocycles. The number of aromatic nitrogens is 2. The Hall–Kier alpha value is -2.15. The van der Waals surface area contributed by atoms with Crippen molar-refractivity contribution in [3.63, 3.8) is 0 Å². The molecule has 17 heavy (non-hydrogen) atoms. The van der Waals surface area contributed by atoms with Crippen molar-refractivity contribution in [2.45, 2.75) is 6.92 Å². The van der Waals surface area contributed by atoms with Gasteiger partial charge in [-0.2, -0.15) is 0 Å². The van der Waals surface area contributed by atoms with Crippen molar-refractivity contribution in [2.24, 2.45) is 0 Å². The number of carboxylic acids is 1. The Bertz CT molecular complexity index is 568. The van der Waals surface area contributed by atoms with Gasteiger partial charge in [-0.15, -0.1) is 10.2 Å². The van der Waals surface area contributed by atoms with Gasteiger partial charge in [0.05, 0.1) is 5.69 Å². The molecule has 88 valence electrons. The molecule has 0 aliphatic heterocycles. The number of carboxylic acid groups (broad SMARTS) is 1. The van der Waals surface area contributed by atoms with Crippen LogP contribution >= 0.6 is 11.3 Å². The minimum absolute atomic E-state index is 0.156. The van der Waals surface area contributed by atoms with Gasteiger partial charge in [0, 0.05) is 0 Å². The molecule has 0 aliphatic rings. The third kappa shape index (κ3) is 2.34. The maximum Gasteiger partial charge on any atom is 0.339 e. The number of phenols is 1. The van der Waals surface area contributed by atoms with Crippen LogP contribution in [0.1, 0.15) is 15.4 Å². The Labute approximate surface area is 101 Å². The van der Waals surface area contributed by atoms with Gasteiger partial charge in [0.25, 0.3) is 0 Å². The van der Waals surface area contributed by atoms with E-state index in [9.17, 15) is 9.90 Å². The van der Waals surface area contributed by atoms with Crippen LogP contribution in [0.15, 0.2) is 18.2 Å². The van der Waals surface area contributed by atoms with Crippen LogP contribution in [0.3, 0.4) is 0 Å². The summed E-state index contributed by atoms with van der Waals surface area (Å²) in [5.41, 5.74) is 0.136. The number of nitrogens with zero attached hydrogens (tertiary/aromatic N) is 2. The second kappa shape index (κ2) is 4.38. The standard InChI is InChI=1S/C10H9N3O3S/c1-5-12-13-10(17-5)11-7-4-2-3-6(8(7)14)9(15)16/h2-4,14H,1H3,(H,11,13)(H,15,16).